The van der Waals surface area contributed by atoms with Gasteiger partial charge in [0.25, 0.3) is 0 Å². The summed E-state index contributed by atoms with van der Waals surface area (Å²) in [4.78, 5) is 27.4. The first-order chi connectivity index (χ1) is 12.1. The highest BCUT2D eigenvalue weighted by Crippen LogP contribution is 2.31. The maximum absolute atomic E-state index is 11.5. The van der Waals surface area contributed by atoms with Gasteiger partial charge in [-0.2, -0.15) is 0 Å². The molecule has 1 N–H and O–H groups in total. The Morgan fingerprint density at radius 1 is 1.40 bits per heavy atom. The van der Waals surface area contributed by atoms with Crippen molar-refractivity contribution in [1.29, 1.82) is 0 Å². The summed E-state index contributed by atoms with van der Waals surface area (Å²) in [6, 6.07) is 2.23. The van der Waals surface area contributed by atoms with Crippen LogP contribution in [0.3, 0.4) is 0 Å². The fraction of sp³-hybridized carbons (Fsp3) is 0.611. The van der Waals surface area contributed by atoms with Gasteiger partial charge in [-0.1, -0.05) is 6.92 Å². The number of hydrogen-bond donors (Lipinski definition) is 1. The van der Waals surface area contributed by atoms with Gasteiger partial charge in [0.2, 0.25) is 5.91 Å². The minimum Gasteiger partial charge on any atom is -0.359 e. The summed E-state index contributed by atoms with van der Waals surface area (Å²) in [6.45, 7) is 5.67. The van der Waals surface area contributed by atoms with Crippen molar-refractivity contribution in [3.63, 3.8) is 0 Å². The van der Waals surface area contributed by atoms with E-state index in [1.165, 1.54) is 10.3 Å². The van der Waals surface area contributed by atoms with Crippen molar-refractivity contribution in [2.45, 2.75) is 26.2 Å². The molecule has 1 saturated heterocycles. The number of carbonyl (C=O) groups excluding carboxylic acids is 1. The number of piperidine rings is 1. The van der Waals surface area contributed by atoms with Crippen LogP contribution in [0.25, 0.3) is 10.2 Å². The minimum atomic E-state index is 0.100. The van der Waals surface area contributed by atoms with E-state index in [9.17, 15) is 4.79 Å². The molecule has 6 nitrogen and oxygen atoms in total. The number of rotatable bonds is 6. The third-order valence-electron chi connectivity index (χ3n) is 4.95. The number of aryl methyl sites for hydroxylation is 1. The molecule has 0 radical (unpaired) electrons. The van der Waals surface area contributed by atoms with Crippen LogP contribution in [0.5, 0.6) is 0 Å². The third kappa shape index (κ3) is 4.27. The molecule has 3 rings (SSSR count). The second-order valence-corrected chi connectivity index (χ2v) is 7.87. The number of fused-ring (bicyclic) bond motifs is 1. The SMILES string of the molecule is CCc1cc2c(N(C)CC3CCN(CC(=O)NC)CC3)ncnc2s1. The zero-order chi connectivity index (χ0) is 17.8. The highest BCUT2D eigenvalue weighted by atomic mass is 32.1. The number of nitrogens with zero attached hydrogens (tertiary/aromatic N) is 4. The molecule has 0 bridgehead atoms. The maximum Gasteiger partial charge on any atom is 0.233 e. The van der Waals surface area contributed by atoms with Gasteiger partial charge < -0.3 is 10.2 Å². The summed E-state index contributed by atoms with van der Waals surface area (Å²) in [5.41, 5.74) is 0. The van der Waals surface area contributed by atoms with Crippen molar-refractivity contribution in [3.05, 3.63) is 17.3 Å². The second-order valence-electron chi connectivity index (χ2n) is 6.76. The summed E-state index contributed by atoms with van der Waals surface area (Å²) in [5, 5.41) is 3.87. The topological polar surface area (TPSA) is 61.4 Å². The Bertz CT molecular complexity index is 723. The predicted molar refractivity (Wildman–Crippen MR) is 103 cm³/mol. The zero-order valence-electron chi connectivity index (χ0n) is 15.3. The number of amides is 1. The first-order valence-corrected chi connectivity index (χ1v) is 9.79. The number of likely N-dealkylation sites (tertiary alicyclic amines) is 1. The molecule has 0 unspecified atom stereocenters. The number of nitrogens with one attached hydrogen (secondary N) is 1. The molecular weight excluding hydrogens is 334 g/mol. The van der Waals surface area contributed by atoms with Crippen molar-refractivity contribution in [1.82, 2.24) is 20.2 Å². The van der Waals surface area contributed by atoms with Gasteiger partial charge in [0.05, 0.1) is 11.9 Å². The molecule has 2 aromatic heterocycles. The Morgan fingerprint density at radius 2 is 2.16 bits per heavy atom. The van der Waals surface area contributed by atoms with Crippen LogP contribution in [0.15, 0.2) is 12.4 Å². The molecule has 0 aromatic carbocycles. The number of hydrogen-bond acceptors (Lipinski definition) is 6. The lowest BCUT2D eigenvalue weighted by Crippen LogP contribution is -2.42. The molecule has 3 heterocycles. The molecule has 1 aliphatic heterocycles. The van der Waals surface area contributed by atoms with Gasteiger partial charge in [-0.05, 0) is 44.3 Å². The molecule has 0 saturated carbocycles. The molecule has 1 amide bonds. The summed E-state index contributed by atoms with van der Waals surface area (Å²) < 4.78 is 0. The van der Waals surface area contributed by atoms with Crippen molar-refractivity contribution in [3.8, 4) is 0 Å². The van der Waals surface area contributed by atoms with E-state index in [1.807, 2.05) is 0 Å². The summed E-state index contributed by atoms with van der Waals surface area (Å²) >= 11 is 1.76. The van der Waals surface area contributed by atoms with Crippen LogP contribution < -0.4 is 10.2 Å². The van der Waals surface area contributed by atoms with Crippen LogP contribution in [0, 0.1) is 5.92 Å². The number of carbonyl (C=O) groups is 1. The lowest BCUT2D eigenvalue weighted by Gasteiger charge is -2.33. The van der Waals surface area contributed by atoms with Gasteiger partial charge in [-0.15, -0.1) is 11.3 Å². The van der Waals surface area contributed by atoms with E-state index in [4.69, 9.17) is 0 Å². The lowest BCUT2D eigenvalue weighted by atomic mass is 9.96. The first kappa shape index (κ1) is 18.1. The van der Waals surface area contributed by atoms with Crippen molar-refractivity contribution in [2.75, 3.05) is 45.2 Å². The van der Waals surface area contributed by atoms with Crippen LogP contribution in [0.1, 0.15) is 24.6 Å². The highest BCUT2D eigenvalue weighted by molar-refractivity contribution is 7.18. The number of anilines is 1. The van der Waals surface area contributed by atoms with E-state index in [-0.39, 0.29) is 5.91 Å². The van der Waals surface area contributed by atoms with Crippen molar-refractivity contribution < 1.29 is 4.79 Å². The Morgan fingerprint density at radius 3 is 2.84 bits per heavy atom. The fourth-order valence-corrected chi connectivity index (χ4v) is 4.38. The normalized spacial score (nSPS) is 16.3. The Kier molecular flexibility index (Phi) is 5.86. The monoisotopic (exact) mass is 361 g/mol. The Hall–Kier alpha value is -1.73. The summed E-state index contributed by atoms with van der Waals surface area (Å²) in [6.07, 6.45) is 4.96. The van der Waals surface area contributed by atoms with E-state index in [0.717, 1.165) is 49.5 Å². The average Bonchev–Trinajstić information content (AvgIpc) is 3.06. The van der Waals surface area contributed by atoms with Gasteiger partial charge in [-0.3, -0.25) is 9.69 Å². The van der Waals surface area contributed by atoms with Crippen molar-refractivity contribution >= 4 is 33.3 Å². The molecule has 0 aliphatic carbocycles. The van der Waals surface area contributed by atoms with Crippen LogP contribution in [0.2, 0.25) is 0 Å². The standard InChI is InChI=1S/C18H27N5OS/c1-4-14-9-15-17(20-12-21-18(15)25-14)22(3)10-13-5-7-23(8-6-13)11-16(24)19-2/h9,12-13H,4-8,10-11H2,1-3H3,(H,19,24). The molecule has 0 spiro atoms. The van der Waals surface area contributed by atoms with Gasteiger partial charge in [0.1, 0.15) is 17.0 Å². The number of thiophene rings is 1. The quantitative estimate of drug-likeness (QED) is 0.854. The Labute approximate surface area is 153 Å². The molecule has 1 aliphatic rings. The van der Waals surface area contributed by atoms with E-state index in [2.05, 4.69) is 45.1 Å². The molecule has 2 aromatic rings. The van der Waals surface area contributed by atoms with E-state index in [0.29, 0.717) is 12.5 Å². The lowest BCUT2D eigenvalue weighted by molar-refractivity contribution is -0.122. The number of likely N-dealkylation sites (N-methyl/N-ethyl adjacent to an activating group) is 1. The summed E-state index contributed by atoms with van der Waals surface area (Å²) in [7, 11) is 3.82. The van der Waals surface area contributed by atoms with E-state index < -0.39 is 0 Å². The summed E-state index contributed by atoms with van der Waals surface area (Å²) in [5.74, 6) is 1.78. The molecule has 25 heavy (non-hydrogen) atoms. The zero-order valence-corrected chi connectivity index (χ0v) is 16.1. The van der Waals surface area contributed by atoms with Crippen molar-refractivity contribution in [2.24, 2.45) is 5.92 Å². The largest absolute Gasteiger partial charge is 0.359 e. The predicted octanol–water partition coefficient (Wildman–Crippen LogP) is 2.15. The van der Waals surface area contributed by atoms with Gasteiger partial charge in [0, 0.05) is 25.5 Å². The van der Waals surface area contributed by atoms with Gasteiger partial charge in [0.15, 0.2) is 0 Å². The fourth-order valence-electron chi connectivity index (χ4n) is 3.45. The van der Waals surface area contributed by atoms with Crippen LogP contribution in [-0.4, -0.2) is 61.0 Å². The number of aromatic nitrogens is 2. The average molecular weight is 362 g/mol. The van der Waals surface area contributed by atoms with Gasteiger partial charge >= 0.3 is 0 Å². The molecule has 136 valence electrons. The van der Waals surface area contributed by atoms with E-state index >= 15 is 0 Å². The van der Waals surface area contributed by atoms with Crippen LogP contribution >= 0.6 is 11.3 Å². The first-order valence-electron chi connectivity index (χ1n) is 8.98. The molecule has 1 fully saturated rings. The molecule has 7 heteroatoms. The second kappa shape index (κ2) is 8.10. The Balaban J connectivity index is 1.61. The smallest absolute Gasteiger partial charge is 0.233 e. The maximum atomic E-state index is 11.5. The van der Waals surface area contributed by atoms with E-state index in [1.54, 1.807) is 24.7 Å². The molecule has 0 atom stereocenters. The van der Waals surface area contributed by atoms with Gasteiger partial charge in [-0.25, -0.2) is 9.97 Å². The third-order valence-corrected chi connectivity index (χ3v) is 6.14. The highest BCUT2D eigenvalue weighted by Gasteiger charge is 2.22. The minimum absolute atomic E-state index is 0.100. The molecular formula is C18H27N5OS. The van der Waals surface area contributed by atoms with Crippen LogP contribution in [-0.2, 0) is 11.2 Å². The van der Waals surface area contributed by atoms with Crippen LogP contribution in [0.4, 0.5) is 5.82 Å².